The molecule has 1 heterocycles. The van der Waals surface area contributed by atoms with Gasteiger partial charge in [0.05, 0.1) is 23.5 Å². The summed E-state index contributed by atoms with van der Waals surface area (Å²) in [7, 11) is 0. The Morgan fingerprint density at radius 2 is 1.48 bits per heavy atom. The maximum atomic E-state index is 14.5. The van der Waals surface area contributed by atoms with Crippen molar-refractivity contribution in [3.8, 4) is 16.9 Å². The Kier molecular flexibility index (Phi) is 6.90. The molecule has 0 spiro atoms. The second-order valence-corrected chi connectivity index (χ2v) is 7.42. The van der Waals surface area contributed by atoms with E-state index in [1.165, 1.54) is 0 Å². The number of hydrogen-bond donors (Lipinski definition) is 0. The van der Waals surface area contributed by atoms with Crippen LogP contribution >= 0.6 is 0 Å². The van der Waals surface area contributed by atoms with Gasteiger partial charge in [-0.3, -0.25) is 0 Å². The van der Waals surface area contributed by atoms with Crippen molar-refractivity contribution in [1.29, 1.82) is 0 Å². The van der Waals surface area contributed by atoms with Crippen LogP contribution in [0, 0.1) is 23.3 Å². The van der Waals surface area contributed by atoms with Crippen molar-refractivity contribution >= 4 is 0 Å². The zero-order chi connectivity index (χ0) is 24.6. The normalized spacial score (nSPS) is 16.9. The molecule has 0 radical (unpaired) electrons. The monoisotopic (exact) mass is 484 g/mol. The highest BCUT2D eigenvalue weighted by molar-refractivity contribution is 5.66. The minimum atomic E-state index is -5.37. The third-order valence-corrected chi connectivity index (χ3v) is 5.00. The molecule has 0 bridgehead atoms. The molecule has 3 rings (SSSR count). The van der Waals surface area contributed by atoms with Gasteiger partial charge in [0.1, 0.15) is 34.6 Å². The number of rotatable bonds is 6. The van der Waals surface area contributed by atoms with Gasteiger partial charge >= 0.3 is 12.3 Å². The lowest BCUT2D eigenvalue weighted by molar-refractivity contribution is -0.149. The number of alkyl halides is 5. The summed E-state index contributed by atoms with van der Waals surface area (Å²) < 4.78 is 133. The van der Waals surface area contributed by atoms with Crippen LogP contribution in [-0.4, -0.2) is 12.2 Å². The van der Waals surface area contributed by atoms with E-state index in [-0.39, 0.29) is 24.7 Å². The van der Waals surface area contributed by atoms with Crippen LogP contribution in [0.25, 0.3) is 11.1 Å². The summed E-state index contributed by atoms with van der Waals surface area (Å²) in [6, 6.07) is 0.868. The Morgan fingerprint density at radius 3 is 1.94 bits per heavy atom. The molecule has 0 saturated heterocycles. The van der Waals surface area contributed by atoms with Crippen molar-refractivity contribution < 1.29 is 49.0 Å². The molecule has 0 aliphatic carbocycles. The predicted molar refractivity (Wildman–Crippen MR) is 99.4 cm³/mol. The summed E-state index contributed by atoms with van der Waals surface area (Å²) >= 11 is 0. The van der Waals surface area contributed by atoms with Gasteiger partial charge in [-0.2, -0.15) is 22.0 Å². The summed E-state index contributed by atoms with van der Waals surface area (Å²) in [5.41, 5.74) is -4.78. The van der Waals surface area contributed by atoms with Gasteiger partial charge in [0.25, 0.3) is 0 Å². The first-order valence-corrected chi connectivity index (χ1v) is 9.81. The quantitative estimate of drug-likeness (QED) is 0.390. The Bertz CT molecular complexity index is 1010. The van der Waals surface area contributed by atoms with Gasteiger partial charge in [-0.05, 0) is 37.0 Å². The van der Waals surface area contributed by atoms with E-state index in [0.717, 1.165) is 12.7 Å². The minimum absolute atomic E-state index is 0.0785. The summed E-state index contributed by atoms with van der Waals surface area (Å²) in [6.45, 7) is 1.90. The lowest BCUT2D eigenvalue weighted by Gasteiger charge is -2.27. The number of hydrogen-bond acceptors (Lipinski definition) is 2. The lowest BCUT2D eigenvalue weighted by atomic mass is 10.0. The zero-order valence-corrected chi connectivity index (χ0v) is 17.0. The summed E-state index contributed by atoms with van der Waals surface area (Å²) in [6.07, 6.45) is -7.05. The molecule has 2 aromatic carbocycles. The van der Waals surface area contributed by atoms with Gasteiger partial charge in [0, 0.05) is 12.1 Å². The fourth-order valence-electron chi connectivity index (χ4n) is 3.46. The average molecular weight is 484 g/mol. The maximum Gasteiger partial charge on any atom is 0.425 e. The van der Waals surface area contributed by atoms with Crippen LogP contribution in [0.3, 0.4) is 0 Å². The smallest absolute Gasteiger partial charge is 0.425 e. The van der Waals surface area contributed by atoms with Crippen LogP contribution in [0.2, 0.25) is 0 Å². The molecule has 0 saturated carbocycles. The SMILES string of the molecule is CCCC1CCC(C(F)(F)Oc2cc(F)c(-c3cc(F)c(C(F)(F)F)c(F)c3)c(F)c2)=CO1. The molecule has 1 aliphatic heterocycles. The first-order chi connectivity index (χ1) is 15.3. The molecule has 0 fully saturated rings. The van der Waals surface area contributed by atoms with Gasteiger partial charge in [-0.1, -0.05) is 13.3 Å². The molecule has 1 atom stereocenters. The molecule has 33 heavy (non-hydrogen) atoms. The molecule has 2 nitrogen and oxygen atoms in total. The first kappa shape index (κ1) is 24.8. The predicted octanol–water partition coefficient (Wildman–Crippen LogP) is 7.76. The van der Waals surface area contributed by atoms with Crippen molar-refractivity contribution in [2.45, 2.75) is 51.0 Å². The first-order valence-electron chi connectivity index (χ1n) is 9.81. The van der Waals surface area contributed by atoms with Crippen LogP contribution in [0.15, 0.2) is 36.1 Å². The van der Waals surface area contributed by atoms with Crippen LogP contribution < -0.4 is 4.74 Å². The van der Waals surface area contributed by atoms with Crippen molar-refractivity contribution in [1.82, 2.24) is 0 Å². The zero-order valence-electron chi connectivity index (χ0n) is 17.0. The van der Waals surface area contributed by atoms with Gasteiger partial charge in [0.2, 0.25) is 0 Å². The highest BCUT2D eigenvalue weighted by atomic mass is 19.4. The van der Waals surface area contributed by atoms with E-state index in [1.54, 1.807) is 0 Å². The highest BCUT2D eigenvalue weighted by Gasteiger charge is 2.40. The topological polar surface area (TPSA) is 18.5 Å². The van der Waals surface area contributed by atoms with Crippen LogP contribution in [-0.2, 0) is 10.9 Å². The standard InChI is InChI=1S/C22H17F9O2/c1-2-3-13-5-4-12(10-32-13)22(30,31)33-14-8-15(23)19(16(24)9-14)11-6-17(25)20(18(26)7-11)21(27,28)29/h6-10,13H,2-5H2,1H3. The minimum Gasteiger partial charge on any atom is -0.498 e. The molecule has 11 heteroatoms. The second-order valence-electron chi connectivity index (χ2n) is 7.42. The molecule has 1 unspecified atom stereocenters. The maximum absolute atomic E-state index is 14.5. The summed E-state index contributed by atoms with van der Waals surface area (Å²) in [5, 5.41) is 0. The Balaban J connectivity index is 1.88. The second kappa shape index (κ2) is 9.18. The number of halogens is 9. The van der Waals surface area contributed by atoms with Gasteiger partial charge in [-0.15, -0.1) is 0 Å². The average Bonchev–Trinajstić information content (AvgIpc) is 2.66. The molecule has 0 N–H and O–H groups in total. The molecule has 180 valence electrons. The molecule has 1 aliphatic rings. The fraction of sp³-hybridized carbons (Fsp3) is 0.364. The van der Waals surface area contributed by atoms with Crippen molar-refractivity contribution in [2.75, 3.05) is 0 Å². The van der Waals surface area contributed by atoms with Crippen LogP contribution in [0.1, 0.15) is 38.2 Å². The van der Waals surface area contributed by atoms with Crippen molar-refractivity contribution in [2.24, 2.45) is 0 Å². The van der Waals surface area contributed by atoms with Crippen LogP contribution in [0.4, 0.5) is 39.5 Å². The summed E-state index contributed by atoms with van der Waals surface area (Å²) in [4.78, 5) is 0. The van der Waals surface area contributed by atoms with E-state index in [0.29, 0.717) is 25.0 Å². The van der Waals surface area contributed by atoms with E-state index < -0.39 is 63.6 Å². The van der Waals surface area contributed by atoms with E-state index in [2.05, 4.69) is 4.74 Å². The van der Waals surface area contributed by atoms with Gasteiger partial charge in [0.15, 0.2) is 0 Å². The third-order valence-electron chi connectivity index (χ3n) is 5.00. The summed E-state index contributed by atoms with van der Waals surface area (Å²) in [5.74, 6) is -8.27. The fourth-order valence-corrected chi connectivity index (χ4v) is 3.46. The lowest BCUT2D eigenvalue weighted by Crippen LogP contribution is -2.31. The number of benzene rings is 2. The van der Waals surface area contributed by atoms with Gasteiger partial charge < -0.3 is 9.47 Å². The molecule has 0 amide bonds. The van der Waals surface area contributed by atoms with Gasteiger partial charge in [-0.25, -0.2) is 17.6 Å². The Labute approximate surface area is 182 Å². The largest absolute Gasteiger partial charge is 0.498 e. The Morgan fingerprint density at radius 1 is 0.909 bits per heavy atom. The number of ether oxygens (including phenoxy) is 2. The molecule has 2 aromatic rings. The Hall–Kier alpha value is -2.85. The molecular weight excluding hydrogens is 467 g/mol. The van der Waals surface area contributed by atoms with E-state index in [9.17, 15) is 39.5 Å². The van der Waals surface area contributed by atoms with E-state index >= 15 is 0 Å². The van der Waals surface area contributed by atoms with Crippen LogP contribution in [0.5, 0.6) is 5.75 Å². The van der Waals surface area contributed by atoms with Crippen molar-refractivity contribution in [3.63, 3.8) is 0 Å². The van der Waals surface area contributed by atoms with Crippen molar-refractivity contribution in [3.05, 3.63) is 64.9 Å². The van der Waals surface area contributed by atoms with E-state index in [4.69, 9.17) is 4.74 Å². The molecular formula is C22H17F9O2. The highest BCUT2D eigenvalue weighted by Crippen LogP contribution is 2.39. The molecule has 0 aromatic heterocycles. The van der Waals surface area contributed by atoms with E-state index in [1.807, 2.05) is 6.92 Å². The third kappa shape index (κ3) is 5.39.